The van der Waals surface area contributed by atoms with E-state index in [0.717, 1.165) is 12.2 Å². The first-order valence-corrected chi connectivity index (χ1v) is 6.65. The van der Waals surface area contributed by atoms with Crippen LogP contribution in [0.4, 0.5) is 13.2 Å². The second kappa shape index (κ2) is 3.92. The molecule has 0 radical (unpaired) electrons. The van der Waals surface area contributed by atoms with E-state index in [1.54, 1.807) is 0 Å². The van der Waals surface area contributed by atoms with E-state index in [-0.39, 0.29) is 18.7 Å². The van der Waals surface area contributed by atoms with Gasteiger partial charge in [-0.2, -0.15) is 17.5 Å². The molecule has 0 amide bonds. The first-order chi connectivity index (χ1) is 8.19. The van der Waals surface area contributed by atoms with Crippen LogP contribution in [0.5, 0.6) is 0 Å². The number of ketones is 1. The molecule has 1 saturated heterocycles. The number of hydrogen-bond acceptors (Lipinski definition) is 3. The molecule has 0 aromatic rings. The molecule has 4 nitrogen and oxygen atoms in total. The summed E-state index contributed by atoms with van der Waals surface area (Å²) in [5.74, 6) is -0.364. The predicted octanol–water partition coefficient (Wildman–Crippen LogP) is 1.37. The molecule has 1 spiro atoms. The van der Waals surface area contributed by atoms with Gasteiger partial charge in [0.25, 0.3) is 0 Å². The van der Waals surface area contributed by atoms with Crippen LogP contribution in [0.25, 0.3) is 0 Å². The maximum Gasteiger partial charge on any atom is 0.511 e. The fourth-order valence-electron chi connectivity index (χ4n) is 2.20. The number of halogens is 3. The Balaban J connectivity index is 2.44. The molecule has 100 valence electrons. The zero-order chi connectivity index (χ0) is 13.6. The third-order valence-corrected chi connectivity index (χ3v) is 4.75. The highest BCUT2D eigenvalue weighted by atomic mass is 32.2. The molecule has 0 N–H and O–H groups in total. The van der Waals surface area contributed by atoms with Gasteiger partial charge >= 0.3 is 15.5 Å². The van der Waals surface area contributed by atoms with E-state index in [4.69, 9.17) is 0 Å². The van der Waals surface area contributed by atoms with Crippen molar-refractivity contribution in [3.63, 3.8) is 0 Å². The molecule has 1 heterocycles. The van der Waals surface area contributed by atoms with Gasteiger partial charge in [0.05, 0.1) is 5.54 Å². The molecule has 0 unspecified atom stereocenters. The monoisotopic (exact) mass is 281 g/mol. The number of alkyl halides is 3. The summed E-state index contributed by atoms with van der Waals surface area (Å²) in [6.45, 7) is -0.204. The number of carbonyl (C=O) groups excluding carboxylic acids is 1. The number of hydrogen-bond donors (Lipinski definition) is 0. The van der Waals surface area contributed by atoms with E-state index < -0.39 is 21.1 Å². The quantitative estimate of drug-likeness (QED) is 0.729. The van der Waals surface area contributed by atoms with Crippen molar-refractivity contribution >= 4 is 15.8 Å². The lowest BCUT2D eigenvalue weighted by Gasteiger charge is -2.33. The largest absolute Gasteiger partial charge is 0.511 e. The van der Waals surface area contributed by atoms with E-state index in [0.29, 0.717) is 10.7 Å². The summed E-state index contributed by atoms with van der Waals surface area (Å²) in [6.07, 6.45) is 5.21. The Labute approximate surface area is 102 Å². The fraction of sp³-hybridized carbons (Fsp3) is 0.500. The minimum absolute atomic E-state index is 0.204. The molecular formula is C10H10F3NO3S. The summed E-state index contributed by atoms with van der Waals surface area (Å²) >= 11 is 0. The maximum atomic E-state index is 12.6. The molecular weight excluding hydrogens is 271 g/mol. The van der Waals surface area contributed by atoms with E-state index in [1.165, 1.54) is 12.2 Å². The molecule has 1 aliphatic carbocycles. The Morgan fingerprint density at radius 3 is 2.28 bits per heavy atom. The highest BCUT2D eigenvalue weighted by Crippen LogP contribution is 2.40. The van der Waals surface area contributed by atoms with Gasteiger partial charge in [-0.15, -0.1) is 0 Å². The Kier molecular flexibility index (Phi) is 2.90. The zero-order valence-corrected chi connectivity index (χ0v) is 9.96. The third-order valence-electron chi connectivity index (χ3n) is 3.06. The van der Waals surface area contributed by atoms with Crippen molar-refractivity contribution in [2.45, 2.75) is 23.9 Å². The summed E-state index contributed by atoms with van der Waals surface area (Å²) < 4.78 is 61.0. The van der Waals surface area contributed by atoms with Crippen LogP contribution in [-0.4, -0.2) is 36.1 Å². The molecule has 8 heteroatoms. The molecule has 0 aromatic heterocycles. The number of allylic oxidation sites excluding steroid dienone is 2. The first kappa shape index (κ1) is 13.3. The number of carbonyl (C=O) groups is 1. The van der Waals surface area contributed by atoms with Crippen molar-refractivity contribution in [3.05, 3.63) is 24.3 Å². The van der Waals surface area contributed by atoms with Crippen molar-refractivity contribution in [1.82, 2.24) is 4.31 Å². The van der Waals surface area contributed by atoms with E-state index >= 15 is 0 Å². The number of sulfonamides is 1. The van der Waals surface area contributed by atoms with Crippen molar-refractivity contribution in [2.24, 2.45) is 0 Å². The van der Waals surface area contributed by atoms with Crippen molar-refractivity contribution in [2.75, 3.05) is 6.54 Å². The van der Waals surface area contributed by atoms with Gasteiger partial charge in [0.1, 0.15) is 0 Å². The lowest BCUT2D eigenvalue weighted by atomic mass is 9.92. The summed E-state index contributed by atoms with van der Waals surface area (Å²) in [5.41, 5.74) is -6.67. The molecule has 2 rings (SSSR count). The molecule has 0 aromatic carbocycles. The normalized spacial score (nSPS) is 24.1. The van der Waals surface area contributed by atoms with Crippen molar-refractivity contribution in [1.29, 1.82) is 0 Å². The summed E-state index contributed by atoms with van der Waals surface area (Å²) in [7, 11) is -5.38. The van der Waals surface area contributed by atoms with Crippen LogP contribution in [0.15, 0.2) is 24.3 Å². The Morgan fingerprint density at radius 1 is 1.22 bits per heavy atom. The highest BCUT2D eigenvalue weighted by molar-refractivity contribution is 7.90. The van der Waals surface area contributed by atoms with Gasteiger partial charge in [-0.1, -0.05) is 12.2 Å². The van der Waals surface area contributed by atoms with E-state index in [1.807, 2.05) is 0 Å². The fourth-order valence-corrected chi connectivity index (χ4v) is 3.48. The van der Waals surface area contributed by atoms with E-state index in [2.05, 4.69) is 0 Å². The average Bonchev–Trinajstić information content (AvgIpc) is 2.66. The standard InChI is InChI=1S/C10H10F3NO3S/c11-10(12,13)18(16,17)14-7-1-4-9(14)5-2-8(15)3-6-9/h2-3,5-6H,1,4,7H2. The smallest absolute Gasteiger partial charge is 0.290 e. The van der Waals surface area contributed by atoms with Gasteiger partial charge in [-0.3, -0.25) is 4.79 Å². The number of rotatable bonds is 1. The van der Waals surface area contributed by atoms with Crippen LogP contribution in [0.1, 0.15) is 12.8 Å². The molecule has 0 atom stereocenters. The van der Waals surface area contributed by atoms with Gasteiger partial charge in [-0.25, -0.2) is 8.42 Å². The Bertz CT molecular complexity index is 517. The predicted molar refractivity (Wildman–Crippen MR) is 56.9 cm³/mol. The molecule has 0 saturated carbocycles. The minimum atomic E-state index is -5.38. The Hall–Kier alpha value is -1.15. The molecule has 1 fully saturated rings. The SMILES string of the molecule is O=C1C=CC2(C=C1)CCCN2S(=O)(=O)C(F)(F)F. The zero-order valence-electron chi connectivity index (χ0n) is 9.14. The van der Waals surface area contributed by atoms with Gasteiger partial charge < -0.3 is 0 Å². The summed E-state index contributed by atoms with van der Waals surface area (Å²) in [5, 5.41) is 0. The molecule has 0 bridgehead atoms. The van der Waals surface area contributed by atoms with Crippen LogP contribution in [-0.2, 0) is 14.8 Å². The van der Waals surface area contributed by atoms with Crippen LogP contribution >= 0.6 is 0 Å². The highest BCUT2D eigenvalue weighted by Gasteiger charge is 2.56. The molecule has 1 aliphatic heterocycles. The molecule has 18 heavy (non-hydrogen) atoms. The van der Waals surface area contributed by atoms with Crippen molar-refractivity contribution < 1.29 is 26.4 Å². The summed E-state index contributed by atoms with van der Waals surface area (Å²) in [6, 6.07) is 0. The third kappa shape index (κ3) is 1.89. The van der Waals surface area contributed by atoms with Crippen molar-refractivity contribution in [3.8, 4) is 0 Å². The number of nitrogens with zero attached hydrogens (tertiary/aromatic N) is 1. The van der Waals surface area contributed by atoms with Gasteiger partial charge in [0.2, 0.25) is 0 Å². The lowest BCUT2D eigenvalue weighted by Crippen LogP contribution is -2.50. The Morgan fingerprint density at radius 2 is 1.78 bits per heavy atom. The maximum absolute atomic E-state index is 12.6. The second-order valence-electron chi connectivity index (χ2n) is 4.19. The van der Waals surface area contributed by atoms with Crippen LogP contribution < -0.4 is 0 Å². The minimum Gasteiger partial charge on any atom is -0.290 e. The molecule has 2 aliphatic rings. The summed E-state index contributed by atoms with van der Waals surface area (Å²) in [4.78, 5) is 11.0. The van der Waals surface area contributed by atoms with Crippen LogP contribution in [0.2, 0.25) is 0 Å². The average molecular weight is 281 g/mol. The topological polar surface area (TPSA) is 54.5 Å². The van der Waals surface area contributed by atoms with Crippen LogP contribution in [0.3, 0.4) is 0 Å². The van der Waals surface area contributed by atoms with E-state index in [9.17, 15) is 26.4 Å². The second-order valence-corrected chi connectivity index (χ2v) is 6.04. The van der Waals surface area contributed by atoms with Gasteiger partial charge in [0.15, 0.2) is 5.78 Å². The van der Waals surface area contributed by atoms with Gasteiger partial charge in [-0.05, 0) is 25.0 Å². The first-order valence-electron chi connectivity index (χ1n) is 5.21. The van der Waals surface area contributed by atoms with Crippen LogP contribution in [0, 0.1) is 0 Å². The van der Waals surface area contributed by atoms with Gasteiger partial charge in [0, 0.05) is 6.54 Å². The lowest BCUT2D eigenvalue weighted by molar-refractivity contribution is -0.110.